The number of rotatable bonds is 5. The minimum atomic E-state index is -0.114. The third-order valence-electron chi connectivity index (χ3n) is 6.71. The molecular weight excluding hydrogens is 503 g/mol. The summed E-state index contributed by atoms with van der Waals surface area (Å²) in [4.78, 5) is 0. The van der Waals surface area contributed by atoms with Gasteiger partial charge in [-0.1, -0.05) is 78.9 Å². The van der Waals surface area contributed by atoms with Crippen LogP contribution in [-0.2, 0) is 8.16 Å². The smallest absolute Gasteiger partial charge is 0.113 e. The van der Waals surface area contributed by atoms with Crippen LogP contribution in [0.3, 0.4) is 0 Å². The molecule has 0 aliphatic carbocycles. The van der Waals surface area contributed by atoms with Gasteiger partial charge >= 0.3 is 0 Å². The summed E-state index contributed by atoms with van der Waals surface area (Å²) in [6.45, 7) is 0. The van der Waals surface area contributed by atoms with Crippen molar-refractivity contribution in [1.82, 2.24) is 4.57 Å². The Morgan fingerprint density at radius 2 is 0.914 bits per heavy atom. The summed E-state index contributed by atoms with van der Waals surface area (Å²) >= 11 is 8.46. The molecule has 0 N–H and O–H groups in total. The Balaban J connectivity index is 1.65. The van der Waals surface area contributed by atoms with Crippen LogP contribution in [0.2, 0.25) is 0 Å². The molecule has 0 unspecified atom stereocenters. The zero-order valence-corrected chi connectivity index (χ0v) is 22.9. The lowest BCUT2D eigenvalue weighted by Gasteiger charge is -2.42. The number of aromatic nitrogens is 1. The van der Waals surface area contributed by atoms with Gasteiger partial charge in [0, 0.05) is 23.5 Å². The van der Waals surface area contributed by atoms with Gasteiger partial charge in [0.25, 0.3) is 0 Å². The van der Waals surface area contributed by atoms with Crippen molar-refractivity contribution in [2.75, 3.05) is 23.0 Å². The van der Waals surface area contributed by atoms with Crippen molar-refractivity contribution in [3.05, 3.63) is 126 Å². The van der Waals surface area contributed by atoms with E-state index in [4.69, 9.17) is 0 Å². The van der Waals surface area contributed by atoms with Crippen LogP contribution < -0.4 is 0 Å². The molecule has 0 saturated carbocycles. The van der Waals surface area contributed by atoms with Crippen molar-refractivity contribution in [2.24, 2.45) is 0 Å². The number of hydrogen-bond acceptors (Lipinski definition) is 4. The number of benzene rings is 3. The van der Waals surface area contributed by atoms with Gasteiger partial charge in [-0.05, 0) is 59.1 Å². The summed E-state index contributed by atoms with van der Waals surface area (Å²) in [5, 5.41) is 0. The second-order valence-corrected chi connectivity index (χ2v) is 14.6. The standard InChI is InChI=1S/C30H29NS4/c1-3-12-24(13-4-1)29(32-20-10-21-33-29)26-16-9-17-27(28(26)31-18-7-8-19-31)30(34-22-11-23-35-30)25-14-5-2-6-15-25/h1-9,12-19H,10-11,20-23H2. The fraction of sp³-hybridized carbons (Fsp3) is 0.267. The SMILES string of the molecule is c1ccc(C2(c3cccc(C4(c5ccccc5)SCCCS4)c3-n3cccc3)SCCCS2)cc1. The van der Waals surface area contributed by atoms with Crippen molar-refractivity contribution in [3.63, 3.8) is 0 Å². The first-order valence-electron chi connectivity index (χ1n) is 12.3. The third kappa shape index (κ3) is 4.29. The average Bonchev–Trinajstić information content (AvgIpc) is 3.49. The van der Waals surface area contributed by atoms with Gasteiger partial charge in [0.2, 0.25) is 0 Å². The largest absolute Gasteiger partial charge is 0.323 e. The minimum absolute atomic E-state index is 0.114. The topological polar surface area (TPSA) is 4.93 Å². The van der Waals surface area contributed by atoms with Gasteiger partial charge in [-0.25, -0.2) is 0 Å². The van der Waals surface area contributed by atoms with Gasteiger partial charge < -0.3 is 4.57 Å². The van der Waals surface area contributed by atoms with Crippen molar-refractivity contribution in [3.8, 4) is 5.69 Å². The normalized spacial score (nSPS) is 19.3. The monoisotopic (exact) mass is 531 g/mol. The van der Waals surface area contributed by atoms with E-state index in [2.05, 4.69) is 155 Å². The summed E-state index contributed by atoms with van der Waals surface area (Å²) in [7, 11) is 0. The van der Waals surface area contributed by atoms with E-state index in [1.165, 1.54) is 63.8 Å². The Kier molecular flexibility index (Phi) is 7.03. The highest BCUT2D eigenvalue weighted by molar-refractivity contribution is 8.18. The number of para-hydroxylation sites is 1. The van der Waals surface area contributed by atoms with Gasteiger partial charge in [-0.3, -0.25) is 0 Å². The van der Waals surface area contributed by atoms with Gasteiger partial charge in [-0.2, -0.15) is 0 Å². The number of hydrogen-bond donors (Lipinski definition) is 0. The molecule has 0 amide bonds. The molecule has 1 aromatic heterocycles. The summed E-state index contributed by atoms with van der Waals surface area (Å²) in [5.74, 6) is 4.74. The van der Waals surface area contributed by atoms with E-state index >= 15 is 0 Å². The second-order valence-electron chi connectivity index (χ2n) is 8.86. The summed E-state index contributed by atoms with van der Waals surface area (Å²) in [6, 6.07) is 33.8. The molecule has 3 heterocycles. The quantitative estimate of drug-likeness (QED) is 0.254. The predicted octanol–water partition coefficient (Wildman–Crippen LogP) is 8.62. The first kappa shape index (κ1) is 23.7. The van der Waals surface area contributed by atoms with Crippen LogP contribution in [0, 0.1) is 0 Å². The highest BCUT2D eigenvalue weighted by atomic mass is 32.2. The zero-order valence-electron chi connectivity index (χ0n) is 19.6. The van der Waals surface area contributed by atoms with E-state index < -0.39 is 0 Å². The van der Waals surface area contributed by atoms with Crippen molar-refractivity contribution in [1.29, 1.82) is 0 Å². The summed E-state index contributed by atoms with van der Waals surface area (Å²) in [6.07, 6.45) is 7.00. The second kappa shape index (κ2) is 10.4. The zero-order chi connectivity index (χ0) is 23.6. The molecule has 35 heavy (non-hydrogen) atoms. The van der Waals surface area contributed by atoms with Crippen molar-refractivity contribution >= 4 is 47.0 Å². The van der Waals surface area contributed by atoms with Crippen molar-refractivity contribution in [2.45, 2.75) is 21.0 Å². The molecule has 0 radical (unpaired) electrons. The maximum Gasteiger partial charge on any atom is 0.113 e. The molecule has 0 atom stereocenters. The maximum absolute atomic E-state index is 2.40. The van der Waals surface area contributed by atoms with E-state index in [0.717, 1.165) is 0 Å². The van der Waals surface area contributed by atoms with Crippen LogP contribution in [-0.4, -0.2) is 27.6 Å². The van der Waals surface area contributed by atoms with E-state index in [9.17, 15) is 0 Å². The van der Waals surface area contributed by atoms with Crippen molar-refractivity contribution < 1.29 is 0 Å². The molecule has 2 saturated heterocycles. The summed E-state index contributed by atoms with van der Waals surface area (Å²) < 4.78 is 2.15. The molecule has 5 heteroatoms. The molecule has 4 aromatic rings. The highest BCUT2D eigenvalue weighted by Gasteiger charge is 2.44. The van der Waals surface area contributed by atoms with Crippen LogP contribution in [0.15, 0.2) is 103 Å². The highest BCUT2D eigenvalue weighted by Crippen LogP contribution is 2.60. The van der Waals surface area contributed by atoms with Crippen LogP contribution in [0.4, 0.5) is 0 Å². The van der Waals surface area contributed by atoms with Crippen LogP contribution in [0.5, 0.6) is 0 Å². The first-order chi connectivity index (χ1) is 17.3. The number of thioether (sulfide) groups is 4. The van der Waals surface area contributed by atoms with E-state index in [1.54, 1.807) is 0 Å². The predicted molar refractivity (Wildman–Crippen MR) is 159 cm³/mol. The minimum Gasteiger partial charge on any atom is -0.323 e. The fourth-order valence-electron chi connectivity index (χ4n) is 5.17. The first-order valence-corrected chi connectivity index (χ1v) is 16.2. The molecule has 0 bridgehead atoms. The molecule has 2 aliphatic rings. The Hall–Kier alpha value is -1.66. The lowest BCUT2D eigenvalue weighted by atomic mass is 9.94. The van der Waals surface area contributed by atoms with E-state index in [1.807, 2.05) is 0 Å². The maximum atomic E-state index is 2.40. The van der Waals surface area contributed by atoms with Crippen LogP contribution in [0.25, 0.3) is 5.69 Å². The van der Waals surface area contributed by atoms with Crippen LogP contribution in [0.1, 0.15) is 35.1 Å². The molecular formula is C30H29NS4. The third-order valence-corrected chi connectivity index (χ3v) is 13.5. The molecule has 1 nitrogen and oxygen atoms in total. The molecule has 2 aliphatic heterocycles. The van der Waals surface area contributed by atoms with Gasteiger partial charge in [-0.15, -0.1) is 47.0 Å². The molecule has 0 spiro atoms. The average molecular weight is 532 g/mol. The molecule has 3 aromatic carbocycles. The molecule has 178 valence electrons. The lowest BCUT2D eigenvalue weighted by Crippen LogP contribution is -2.30. The Morgan fingerprint density at radius 1 is 0.486 bits per heavy atom. The van der Waals surface area contributed by atoms with Gasteiger partial charge in [0.05, 0.1) is 5.69 Å². The Morgan fingerprint density at radius 3 is 1.34 bits per heavy atom. The van der Waals surface area contributed by atoms with Gasteiger partial charge in [0.1, 0.15) is 8.16 Å². The Bertz CT molecular complexity index is 1160. The van der Waals surface area contributed by atoms with Gasteiger partial charge in [0.15, 0.2) is 0 Å². The van der Waals surface area contributed by atoms with E-state index in [0.29, 0.717) is 0 Å². The number of nitrogens with zero attached hydrogens (tertiary/aromatic N) is 1. The molecule has 6 rings (SSSR count). The Labute approximate surface area is 225 Å². The lowest BCUT2D eigenvalue weighted by molar-refractivity contribution is 0.921. The van der Waals surface area contributed by atoms with Crippen LogP contribution >= 0.6 is 47.0 Å². The molecule has 2 fully saturated rings. The van der Waals surface area contributed by atoms with E-state index in [-0.39, 0.29) is 8.16 Å². The fourth-order valence-corrected chi connectivity index (χ4v) is 12.0. The summed E-state index contributed by atoms with van der Waals surface area (Å²) in [5.41, 5.74) is 7.01.